The van der Waals surface area contributed by atoms with Crippen molar-refractivity contribution in [3.63, 3.8) is 0 Å². The Balaban J connectivity index is 2.99. The quantitative estimate of drug-likeness (QED) is 0.723. The SMILES string of the molecule is Cc1nc(Br)n2ncnc(N)c12. The Morgan fingerprint density at radius 1 is 1.58 bits per heavy atom. The molecule has 0 aliphatic heterocycles. The molecule has 0 radical (unpaired) electrons. The molecule has 0 amide bonds. The molecule has 2 rings (SSSR count). The van der Waals surface area contributed by atoms with Crippen LogP contribution in [0.4, 0.5) is 5.82 Å². The van der Waals surface area contributed by atoms with Gasteiger partial charge in [-0.1, -0.05) is 0 Å². The monoisotopic (exact) mass is 227 g/mol. The summed E-state index contributed by atoms with van der Waals surface area (Å²) in [6.45, 7) is 1.86. The zero-order valence-electron chi connectivity index (χ0n) is 6.32. The first-order valence-corrected chi connectivity index (χ1v) is 4.11. The second-order valence-electron chi connectivity index (χ2n) is 2.37. The van der Waals surface area contributed by atoms with Crippen LogP contribution >= 0.6 is 15.9 Å². The summed E-state index contributed by atoms with van der Waals surface area (Å²) >= 11 is 3.26. The van der Waals surface area contributed by atoms with Crippen molar-refractivity contribution in [3.05, 3.63) is 16.8 Å². The second kappa shape index (κ2) is 2.41. The van der Waals surface area contributed by atoms with Crippen LogP contribution in [0.1, 0.15) is 5.69 Å². The van der Waals surface area contributed by atoms with Crippen molar-refractivity contribution >= 4 is 27.3 Å². The van der Waals surface area contributed by atoms with Gasteiger partial charge in [0.05, 0.1) is 5.69 Å². The largest absolute Gasteiger partial charge is 0.382 e. The number of fused-ring (bicyclic) bond motifs is 1. The average Bonchev–Trinajstić information content (AvgIpc) is 2.29. The molecule has 5 nitrogen and oxygen atoms in total. The van der Waals surface area contributed by atoms with Crippen molar-refractivity contribution in [3.8, 4) is 0 Å². The molecule has 0 saturated carbocycles. The average molecular weight is 228 g/mol. The number of imidazole rings is 1. The van der Waals surface area contributed by atoms with Crippen molar-refractivity contribution in [2.24, 2.45) is 0 Å². The summed E-state index contributed by atoms with van der Waals surface area (Å²) in [6.07, 6.45) is 1.40. The number of nitrogens with two attached hydrogens (primary N) is 1. The van der Waals surface area contributed by atoms with Crippen molar-refractivity contribution in [1.29, 1.82) is 0 Å². The number of hydrogen-bond acceptors (Lipinski definition) is 4. The summed E-state index contributed by atoms with van der Waals surface area (Å²) in [6, 6.07) is 0. The van der Waals surface area contributed by atoms with E-state index in [-0.39, 0.29) is 0 Å². The fourth-order valence-corrected chi connectivity index (χ4v) is 1.62. The van der Waals surface area contributed by atoms with Crippen LogP contribution in [0.2, 0.25) is 0 Å². The third kappa shape index (κ3) is 0.878. The van der Waals surface area contributed by atoms with Gasteiger partial charge in [-0.15, -0.1) is 0 Å². The number of anilines is 1. The molecular formula is C6H6BrN5. The van der Waals surface area contributed by atoms with Crippen LogP contribution in [-0.4, -0.2) is 19.6 Å². The number of nitrogens with zero attached hydrogens (tertiary/aromatic N) is 4. The van der Waals surface area contributed by atoms with Crippen molar-refractivity contribution < 1.29 is 0 Å². The van der Waals surface area contributed by atoms with Gasteiger partial charge in [0.2, 0.25) is 0 Å². The molecule has 0 atom stereocenters. The van der Waals surface area contributed by atoms with Gasteiger partial charge in [-0.3, -0.25) is 0 Å². The highest BCUT2D eigenvalue weighted by Gasteiger charge is 2.08. The lowest BCUT2D eigenvalue weighted by atomic mass is 10.4. The predicted octanol–water partition coefficient (Wildman–Crippen LogP) is 0.777. The number of aromatic nitrogens is 4. The van der Waals surface area contributed by atoms with Gasteiger partial charge in [0.25, 0.3) is 0 Å². The second-order valence-corrected chi connectivity index (χ2v) is 3.08. The van der Waals surface area contributed by atoms with Crippen LogP contribution in [0.5, 0.6) is 0 Å². The molecule has 0 aliphatic rings. The minimum atomic E-state index is 0.445. The first-order valence-electron chi connectivity index (χ1n) is 3.31. The van der Waals surface area contributed by atoms with Gasteiger partial charge in [0, 0.05) is 0 Å². The molecule has 0 saturated heterocycles. The lowest BCUT2D eigenvalue weighted by Crippen LogP contribution is -1.99. The molecule has 6 heteroatoms. The fraction of sp³-hybridized carbons (Fsp3) is 0.167. The standard InChI is InChI=1S/C6H6BrN5/c1-3-4-5(8)9-2-10-12(4)6(7)11-3/h2H,1H3,(H2,8,9,10). The van der Waals surface area contributed by atoms with Gasteiger partial charge < -0.3 is 5.73 Å². The summed E-state index contributed by atoms with van der Waals surface area (Å²) < 4.78 is 2.25. The smallest absolute Gasteiger partial charge is 0.198 e. The Bertz CT molecular complexity index is 435. The van der Waals surface area contributed by atoms with Gasteiger partial charge in [0.15, 0.2) is 10.6 Å². The van der Waals surface area contributed by atoms with E-state index in [0.717, 1.165) is 11.2 Å². The highest BCUT2D eigenvalue weighted by molar-refractivity contribution is 9.10. The molecule has 0 fully saturated rings. The number of hydrogen-bond donors (Lipinski definition) is 1. The summed E-state index contributed by atoms with van der Waals surface area (Å²) in [5.41, 5.74) is 7.21. The molecule has 0 aliphatic carbocycles. The molecule has 12 heavy (non-hydrogen) atoms. The Kier molecular flexibility index (Phi) is 1.50. The van der Waals surface area contributed by atoms with E-state index in [9.17, 15) is 0 Å². The molecule has 0 aromatic carbocycles. The van der Waals surface area contributed by atoms with Gasteiger partial charge >= 0.3 is 0 Å². The maximum absolute atomic E-state index is 5.64. The topological polar surface area (TPSA) is 69.1 Å². The Labute approximate surface area is 76.7 Å². The Hall–Kier alpha value is -1.17. The third-order valence-electron chi connectivity index (χ3n) is 1.60. The van der Waals surface area contributed by atoms with Crippen molar-refractivity contribution in [2.75, 3.05) is 5.73 Å². The van der Waals surface area contributed by atoms with E-state index in [4.69, 9.17) is 5.73 Å². The van der Waals surface area contributed by atoms with E-state index >= 15 is 0 Å². The molecule has 2 heterocycles. The molecule has 2 aromatic heterocycles. The predicted molar refractivity (Wildman–Crippen MR) is 47.6 cm³/mol. The maximum atomic E-state index is 5.64. The van der Waals surface area contributed by atoms with Crippen LogP contribution in [0, 0.1) is 6.92 Å². The lowest BCUT2D eigenvalue weighted by Gasteiger charge is -1.95. The van der Waals surface area contributed by atoms with E-state index in [1.54, 1.807) is 4.52 Å². The van der Waals surface area contributed by atoms with E-state index in [0.29, 0.717) is 10.6 Å². The molecule has 0 spiro atoms. The van der Waals surface area contributed by atoms with Crippen LogP contribution in [0.15, 0.2) is 11.1 Å². The summed E-state index contributed by atoms with van der Waals surface area (Å²) in [7, 11) is 0. The summed E-state index contributed by atoms with van der Waals surface area (Å²) in [4.78, 5) is 8.01. The van der Waals surface area contributed by atoms with Crippen LogP contribution < -0.4 is 5.73 Å². The zero-order valence-corrected chi connectivity index (χ0v) is 7.91. The Morgan fingerprint density at radius 2 is 2.33 bits per heavy atom. The third-order valence-corrected chi connectivity index (χ3v) is 2.11. The first-order chi connectivity index (χ1) is 5.70. The minimum absolute atomic E-state index is 0.445. The highest BCUT2D eigenvalue weighted by Crippen LogP contribution is 2.18. The molecule has 2 aromatic rings. The maximum Gasteiger partial charge on any atom is 0.198 e. The van der Waals surface area contributed by atoms with Crippen molar-refractivity contribution in [1.82, 2.24) is 19.6 Å². The van der Waals surface area contributed by atoms with E-state index in [2.05, 4.69) is 31.0 Å². The lowest BCUT2D eigenvalue weighted by molar-refractivity contribution is 0.872. The Morgan fingerprint density at radius 3 is 3.00 bits per heavy atom. The van der Waals surface area contributed by atoms with Gasteiger partial charge in [0.1, 0.15) is 11.8 Å². The zero-order chi connectivity index (χ0) is 8.72. The van der Waals surface area contributed by atoms with Crippen LogP contribution in [0.25, 0.3) is 5.52 Å². The minimum Gasteiger partial charge on any atom is -0.382 e. The number of halogens is 1. The van der Waals surface area contributed by atoms with Gasteiger partial charge in [-0.2, -0.15) is 5.10 Å². The van der Waals surface area contributed by atoms with E-state index < -0.39 is 0 Å². The normalized spacial score (nSPS) is 10.8. The fourth-order valence-electron chi connectivity index (χ4n) is 1.08. The number of rotatable bonds is 0. The number of nitrogen functional groups attached to an aromatic ring is 1. The molecular weight excluding hydrogens is 222 g/mol. The number of aryl methyl sites for hydroxylation is 1. The first kappa shape index (κ1) is 7.48. The summed E-state index contributed by atoms with van der Waals surface area (Å²) in [5.74, 6) is 0.445. The van der Waals surface area contributed by atoms with E-state index in [1.165, 1.54) is 6.33 Å². The van der Waals surface area contributed by atoms with Gasteiger partial charge in [-0.25, -0.2) is 14.5 Å². The van der Waals surface area contributed by atoms with Crippen molar-refractivity contribution in [2.45, 2.75) is 6.92 Å². The summed E-state index contributed by atoms with van der Waals surface area (Å²) in [5, 5.41) is 3.98. The molecule has 2 N–H and O–H groups in total. The highest BCUT2D eigenvalue weighted by atomic mass is 79.9. The van der Waals surface area contributed by atoms with Crippen LogP contribution in [-0.2, 0) is 0 Å². The van der Waals surface area contributed by atoms with E-state index in [1.807, 2.05) is 6.92 Å². The van der Waals surface area contributed by atoms with Gasteiger partial charge in [-0.05, 0) is 22.9 Å². The molecule has 0 bridgehead atoms. The molecule has 0 unspecified atom stereocenters. The van der Waals surface area contributed by atoms with Crippen LogP contribution in [0.3, 0.4) is 0 Å². The molecule has 62 valence electrons.